The fourth-order valence-corrected chi connectivity index (χ4v) is 6.22. The van der Waals surface area contributed by atoms with Gasteiger partial charge in [-0.25, -0.2) is 9.97 Å². The molecule has 36 heavy (non-hydrogen) atoms. The minimum atomic E-state index is -0.0948. The first kappa shape index (κ1) is 26.3. The van der Waals surface area contributed by atoms with Gasteiger partial charge in [0.25, 0.3) is 0 Å². The van der Waals surface area contributed by atoms with Gasteiger partial charge in [-0.1, -0.05) is 58.3 Å². The number of rotatable bonds is 10. The Bertz CT molecular complexity index is 980. The maximum atomic E-state index is 12.8. The summed E-state index contributed by atoms with van der Waals surface area (Å²) in [6.07, 6.45) is 21.3. The van der Waals surface area contributed by atoms with Gasteiger partial charge in [0.15, 0.2) is 5.82 Å². The molecule has 2 fully saturated rings. The molecule has 2 saturated carbocycles. The minimum absolute atomic E-state index is 0.0160. The van der Waals surface area contributed by atoms with E-state index >= 15 is 0 Å². The summed E-state index contributed by atoms with van der Waals surface area (Å²) in [6, 6.07) is 9.31. The Morgan fingerprint density at radius 2 is 1.50 bits per heavy atom. The molecular weight excluding hydrogens is 446 g/mol. The molecule has 2 aliphatic carbocycles. The van der Waals surface area contributed by atoms with E-state index in [1.165, 1.54) is 89.4 Å². The summed E-state index contributed by atoms with van der Waals surface area (Å²) in [5.74, 6) is 3.66. The molecule has 0 N–H and O–H groups in total. The number of nitriles is 1. The van der Waals surface area contributed by atoms with E-state index in [9.17, 15) is 4.79 Å². The van der Waals surface area contributed by atoms with Crippen molar-refractivity contribution >= 4 is 5.97 Å². The van der Waals surface area contributed by atoms with Gasteiger partial charge in [-0.05, 0) is 80.5 Å². The van der Waals surface area contributed by atoms with Gasteiger partial charge in [0.1, 0.15) is 11.8 Å². The average Bonchev–Trinajstić information content (AvgIpc) is 2.94. The number of ether oxygens (including phenoxy) is 1. The summed E-state index contributed by atoms with van der Waals surface area (Å²) in [5, 5.41) is 8.88. The lowest BCUT2D eigenvalue weighted by molar-refractivity contribution is -0.140. The van der Waals surface area contributed by atoms with Gasteiger partial charge in [0.05, 0.1) is 11.5 Å². The predicted octanol–water partition coefficient (Wildman–Crippen LogP) is 7.89. The third kappa shape index (κ3) is 7.38. The molecule has 0 unspecified atom stereocenters. The van der Waals surface area contributed by atoms with Crippen LogP contribution in [0.5, 0.6) is 5.75 Å². The number of carbonyl (C=O) groups is 1. The lowest BCUT2D eigenvalue weighted by Crippen LogP contribution is -2.30. The second kappa shape index (κ2) is 13.5. The first-order chi connectivity index (χ1) is 17.7. The summed E-state index contributed by atoms with van der Waals surface area (Å²) in [7, 11) is 0. The van der Waals surface area contributed by atoms with Crippen LogP contribution >= 0.6 is 0 Å². The lowest BCUT2D eigenvalue weighted by Gasteiger charge is -2.37. The highest BCUT2D eigenvalue weighted by molar-refractivity contribution is 5.75. The van der Waals surface area contributed by atoms with Crippen molar-refractivity contribution in [3.8, 4) is 23.2 Å². The molecule has 0 bridgehead atoms. The molecule has 5 nitrogen and oxygen atoms in total. The van der Waals surface area contributed by atoms with E-state index in [1.54, 1.807) is 12.1 Å². The maximum Gasteiger partial charge on any atom is 0.314 e. The molecule has 1 aromatic heterocycles. The van der Waals surface area contributed by atoms with Crippen molar-refractivity contribution in [1.29, 1.82) is 5.26 Å². The fraction of sp³-hybridized carbons (Fsp3) is 0.613. The summed E-state index contributed by atoms with van der Waals surface area (Å²) in [5.41, 5.74) is 1.26. The normalized spacial score (nSPS) is 24.1. The van der Waals surface area contributed by atoms with Crippen molar-refractivity contribution in [1.82, 2.24) is 9.97 Å². The van der Waals surface area contributed by atoms with E-state index in [2.05, 4.69) is 16.9 Å². The second-order valence-electron chi connectivity index (χ2n) is 10.9. The smallest absolute Gasteiger partial charge is 0.314 e. The number of nitrogens with zero attached hydrogens (tertiary/aromatic N) is 3. The van der Waals surface area contributed by atoms with Crippen LogP contribution in [0.2, 0.25) is 0 Å². The summed E-state index contributed by atoms with van der Waals surface area (Å²) >= 11 is 0. The Kier molecular flexibility index (Phi) is 9.90. The van der Waals surface area contributed by atoms with E-state index in [1.807, 2.05) is 18.2 Å². The Hall–Kier alpha value is -2.74. The van der Waals surface area contributed by atoms with Gasteiger partial charge in [-0.2, -0.15) is 5.26 Å². The van der Waals surface area contributed by atoms with Gasteiger partial charge >= 0.3 is 5.97 Å². The zero-order valence-corrected chi connectivity index (χ0v) is 21.8. The van der Waals surface area contributed by atoms with Crippen molar-refractivity contribution in [2.75, 3.05) is 0 Å². The first-order valence-corrected chi connectivity index (χ1v) is 14.2. The van der Waals surface area contributed by atoms with Crippen LogP contribution in [-0.4, -0.2) is 15.9 Å². The zero-order chi connectivity index (χ0) is 25.2. The number of esters is 1. The van der Waals surface area contributed by atoms with Gasteiger partial charge in [0, 0.05) is 18.0 Å². The molecular formula is C31H41N3O2. The fourth-order valence-electron chi connectivity index (χ4n) is 6.22. The summed E-state index contributed by atoms with van der Waals surface area (Å²) < 4.78 is 5.72. The first-order valence-electron chi connectivity index (χ1n) is 14.2. The van der Waals surface area contributed by atoms with E-state index in [0.29, 0.717) is 17.1 Å². The van der Waals surface area contributed by atoms with Crippen molar-refractivity contribution in [2.45, 2.75) is 96.8 Å². The maximum absolute atomic E-state index is 12.8. The van der Waals surface area contributed by atoms with Crippen LogP contribution in [0, 0.1) is 35.0 Å². The third-order valence-electron chi connectivity index (χ3n) is 8.49. The quantitative estimate of drug-likeness (QED) is 0.193. The molecule has 2 aliphatic rings. The molecule has 0 radical (unpaired) electrons. The molecule has 1 heterocycles. The van der Waals surface area contributed by atoms with Gasteiger partial charge in [-0.3, -0.25) is 4.79 Å². The number of carbonyl (C=O) groups excluding carboxylic acids is 1. The lowest BCUT2D eigenvalue weighted by atomic mass is 9.68. The molecule has 0 amide bonds. The van der Waals surface area contributed by atoms with E-state index in [-0.39, 0.29) is 11.9 Å². The Balaban J connectivity index is 1.16. The average molecular weight is 488 g/mol. The highest BCUT2D eigenvalue weighted by atomic mass is 16.5. The number of benzene rings is 1. The van der Waals surface area contributed by atoms with Crippen molar-refractivity contribution in [3.63, 3.8) is 0 Å². The van der Waals surface area contributed by atoms with Crippen LogP contribution in [0.3, 0.4) is 0 Å². The SMILES string of the molecule is CCCCCCCC1CCC(C2CCC(C(=O)Oc3ccc(-c4ncc(C#N)cn4)cc3)CC2)CC1. The van der Waals surface area contributed by atoms with Crippen molar-refractivity contribution in [2.24, 2.45) is 23.7 Å². The number of unbranched alkanes of at least 4 members (excludes halogenated alkanes) is 4. The zero-order valence-electron chi connectivity index (χ0n) is 21.8. The van der Waals surface area contributed by atoms with E-state index in [4.69, 9.17) is 10.00 Å². The predicted molar refractivity (Wildman–Crippen MR) is 142 cm³/mol. The topological polar surface area (TPSA) is 75.9 Å². The molecule has 0 saturated heterocycles. The van der Waals surface area contributed by atoms with Crippen LogP contribution in [0.15, 0.2) is 36.7 Å². The molecule has 0 atom stereocenters. The number of hydrogen-bond acceptors (Lipinski definition) is 5. The number of aromatic nitrogens is 2. The Morgan fingerprint density at radius 3 is 2.11 bits per heavy atom. The molecule has 4 rings (SSSR count). The van der Waals surface area contributed by atoms with E-state index < -0.39 is 0 Å². The molecule has 0 aliphatic heterocycles. The van der Waals surface area contributed by atoms with Crippen LogP contribution in [0.1, 0.15) is 102 Å². The van der Waals surface area contributed by atoms with Crippen LogP contribution in [0.25, 0.3) is 11.4 Å². The summed E-state index contributed by atoms with van der Waals surface area (Å²) in [6.45, 7) is 2.28. The van der Waals surface area contributed by atoms with Gasteiger partial charge in [0.2, 0.25) is 0 Å². The molecule has 192 valence electrons. The standard InChI is InChI=1S/C31H41N3O2/c1-2-3-4-5-6-7-23-8-10-25(11-9-23)26-12-14-28(15-13-26)31(35)36-29-18-16-27(17-19-29)30-33-21-24(20-32)22-34-30/h16-19,21-23,25-26,28H,2-15H2,1H3. The third-order valence-corrected chi connectivity index (χ3v) is 8.49. The largest absolute Gasteiger partial charge is 0.426 e. The van der Waals surface area contributed by atoms with Crippen LogP contribution in [-0.2, 0) is 4.79 Å². The monoisotopic (exact) mass is 487 g/mol. The second-order valence-corrected chi connectivity index (χ2v) is 10.9. The summed E-state index contributed by atoms with van der Waals surface area (Å²) in [4.78, 5) is 21.2. The van der Waals surface area contributed by atoms with Crippen molar-refractivity contribution < 1.29 is 9.53 Å². The molecule has 2 aromatic rings. The highest BCUT2D eigenvalue weighted by Crippen LogP contribution is 2.42. The van der Waals surface area contributed by atoms with Crippen LogP contribution in [0.4, 0.5) is 0 Å². The van der Waals surface area contributed by atoms with E-state index in [0.717, 1.165) is 36.2 Å². The Labute approximate surface area is 216 Å². The molecule has 1 aromatic carbocycles. The highest BCUT2D eigenvalue weighted by Gasteiger charge is 2.33. The molecule has 0 spiro atoms. The minimum Gasteiger partial charge on any atom is -0.426 e. The van der Waals surface area contributed by atoms with Gasteiger partial charge < -0.3 is 4.74 Å². The van der Waals surface area contributed by atoms with Crippen molar-refractivity contribution in [3.05, 3.63) is 42.2 Å². The number of hydrogen-bond donors (Lipinski definition) is 0. The van der Waals surface area contributed by atoms with Gasteiger partial charge in [-0.15, -0.1) is 0 Å². The molecule has 5 heteroatoms. The Morgan fingerprint density at radius 1 is 0.889 bits per heavy atom. The van der Waals surface area contributed by atoms with Crippen LogP contribution < -0.4 is 4.74 Å².